The largest absolute Gasteiger partial charge is 0.477 e. The molecule has 2 heterocycles. The summed E-state index contributed by atoms with van der Waals surface area (Å²) in [6.07, 6.45) is 0. The van der Waals surface area contributed by atoms with Crippen LogP contribution < -0.4 is 15.5 Å². The number of aromatic nitrogens is 1. The van der Waals surface area contributed by atoms with Crippen LogP contribution in [-0.4, -0.2) is 48.3 Å². The van der Waals surface area contributed by atoms with Gasteiger partial charge in [0.15, 0.2) is 10.7 Å². The van der Waals surface area contributed by atoms with E-state index in [-0.39, 0.29) is 16.6 Å². The van der Waals surface area contributed by atoms with Gasteiger partial charge in [0.05, 0.1) is 13.2 Å². The molecule has 37 heavy (non-hydrogen) atoms. The Bertz CT molecular complexity index is 1420. The summed E-state index contributed by atoms with van der Waals surface area (Å²) >= 11 is 1.04. The Kier molecular flexibility index (Phi) is 7.11. The summed E-state index contributed by atoms with van der Waals surface area (Å²) in [5, 5.41) is 16.2. The first kappa shape index (κ1) is 24.4. The van der Waals surface area contributed by atoms with Gasteiger partial charge in [0, 0.05) is 41.3 Å². The van der Waals surface area contributed by atoms with E-state index in [1.165, 1.54) is 24.3 Å². The summed E-state index contributed by atoms with van der Waals surface area (Å²) in [6.45, 7) is 3.05. The summed E-state index contributed by atoms with van der Waals surface area (Å²) in [5.41, 5.74) is 3.27. The normalized spacial score (nSPS) is 13.3. The Morgan fingerprint density at radius 1 is 0.973 bits per heavy atom. The predicted octanol–water partition coefficient (Wildman–Crippen LogP) is 5.48. The number of carboxylic acids is 1. The summed E-state index contributed by atoms with van der Waals surface area (Å²) in [4.78, 5) is 31.3. The van der Waals surface area contributed by atoms with Gasteiger partial charge in [-0.1, -0.05) is 12.1 Å². The molecule has 4 aromatic rings. The van der Waals surface area contributed by atoms with Gasteiger partial charge in [-0.2, -0.15) is 0 Å². The number of carbonyl (C=O) groups is 2. The predicted molar refractivity (Wildman–Crippen MR) is 142 cm³/mol. The monoisotopic (exact) mass is 518 g/mol. The SMILES string of the molecule is O=C(Nc1cccc(-c2nc(Nc3ccc(N4CCOCC4)cc3)c(C(=O)O)s2)c1)c1ccc(F)cc1. The van der Waals surface area contributed by atoms with Crippen LogP contribution in [0.4, 0.5) is 27.3 Å². The van der Waals surface area contributed by atoms with Crippen LogP contribution in [0.15, 0.2) is 72.8 Å². The number of halogens is 1. The van der Waals surface area contributed by atoms with Gasteiger partial charge in [-0.05, 0) is 60.7 Å². The minimum Gasteiger partial charge on any atom is -0.477 e. The lowest BCUT2D eigenvalue weighted by molar-refractivity contribution is 0.0702. The van der Waals surface area contributed by atoms with E-state index in [0.29, 0.717) is 35.0 Å². The summed E-state index contributed by atoms with van der Waals surface area (Å²) in [6, 6.07) is 20.0. The van der Waals surface area contributed by atoms with E-state index in [1.54, 1.807) is 24.3 Å². The Labute approximate surface area is 216 Å². The zero-order valence-electron chi connectivity index (χ0n) is 19.6. The number of benzene rings is 3. The maximum atomic E-state index is 13.2. The van der Waals surface area contributed by atoms with Crippen molar-refractivity contribution in [2.24, 2.45) is 0 Å². The number of carbonyl (C=O) groups excluding carboxylic acids is 1. The van der Waals surface area contributed by atoms with Crippen molar-refractivity contribution in [1.82, 2.24) is 4.98 Å². The minimum atomic E-state index is -1.09. The highest BCUT2D eigenvalue weighted by Gasteiger charge is 2.19. The number of carboxylic acid groups (broad SMARTS) is 1. The first-order chi connectivity index (χ1) is 18.0. The minimum absolute atomic E-state index is 0.0769. The molecular weight excluding hydrogens is 495 g/mol. The Morgan fingerprint density at radius 3 is 2.41 bits per heavy atom. The lowest BCUT2D eigenvalue weighted by Crippen LogP contribution is -2.36. The third-order valence-corrected chi connectivity index (χ3v) is 6.89. The molecule has 0 atom stereocenters. The number of aromatic carboxylic acids is 1. The quantitative estimate of drug-likeness (QED) is 0.298. The number of amides is 1. The van der Waals surface area contributed by atoms with Crippen molar-refractivity contribution in [1.29, 1.82) is 0 Å². The van der Waals surface area contributed by atoms with E-state index >= 15 is 0 Å². The number of ether oxygens (including phenoxy) is 1. The van der Waals surface area contributed by atoms with Gasteiger partial charge in [0.25, 0.3) is 5.91 Å². The number of anilines is 4. The van der Waals surface area contributed by atoms with E-state index in [4.69, 9.17) is 4.74 Å². The fourth-order valence-corrected chi connectivity index (χ4v) is 4.78. The number of rotatable bonds is 7. The van der Waals surface area contributed by atoms with Gasteiger partial charge in [-0.3, -0.25) is 4.79 Å². The van der Waals surface area contributed by atoms with Gasteiger partial charge in [0.2, 0.25) is 0 Å². The lowest BCUT2D eigenvalue weighted by Gasteiger charge is -2.28. The second kappa shape index (κ2) is 10.8. The first-order valence-corrected chi connectivity index (χ1v) is 12.4. The molecule has 0 saturated carbocycles. The number of hydrogen-bond donors (Lipinski definition) is 3. The fraction of sp³-hybridized carbons (Fsp3) is 0.148. The van der Waals surface area contributed by atoms with Crippen LogP contribution >= 0.6 is 11.3 Å². The van der Waals surface area contributed by atoms with Crippen LogP contribution in [0.3, 0.4) is 0 Å². The summed E-state index contributed by atoms with van der Waals surface area (Å²) < 4.78 is 18.5. The van der Waals surface area contributed by atoms with Gasteiger partial charge < -0.3 is 25.4 Å². The average Bonchev–Trinajstić information content (AvgIpc) is 3.34. The van der Waals surface area contributed by atoms with Crippen LogP contribution in [0, 0.1) is 5.82 Å². The Balaban J connectivity index is 1.34. The van der Waals surface area contributed by atoms with E-state index in [0.717, 1.165) is 35.8 Å². The van der Waals surface area contributed by atoms with Crippen molar-refractivity contribution in [3.63, 3.8) is 0 Å². The molecule has 1 amide bonds. The fourth-order valence-electron chi connectivity index (χ4n) is 3.92. The molecule has 3 aromatic carbocycles. The topological polar surface area (TPSA) is 104 Å². The molecule has 1 aromatic heterocycles. The second-order valence-electron chi connectivity index (χ2n) is 8.32. The zero-order chi connectivity index (χ0) is 25.8. The smallest absolute Gasteiger partial charge is 0.349 e. The van der Waals surface area contributed by atoms with Gasteiger partial charge in [0.1, 0.15) is 10.8 Å². The van der Waals surface area contributed by atoms with E-state index in [9.17, 15) is 19.1 Å². The van der Waals surface area contributed by atoms with E-state index in [2.05, 4.69) is 20.5 Å². The lowest BCUT2D eigenvalue weighted by atomic mass is 10.1. The highest BCUT2D eigenvalue weighted by atomic mass is 32.1. The van der Waals surface area contributed by atoms with Crippen LogP contribution in [0.25, 0.3) is 10.6 Å². The third kappa shape index (κ3) is 5.76. The summed E-state index contributed by atoms with van der Waals surface area (Å²) in [5.74, 6) is -1.65. The van der Waals surface area contributed by atoms with Crippen LogP contribution in [0.2, 0.25) is 0 Å². The molecule has 5 rings (SSSR count). The molecule has 8 nitrogen and oxygen atoms in total. The molecule has 0 bridgehead atoms. The van der Waals surface area contributed by atoms with E-state index < -0.39 is 11.8 Å². The maximum Gasteiger partial charge on any atom is 0.349 e. The van der Waals surface area contributed by atoms with Crippen LogP contribution in [0.5, 0.6) is 0 Å². The van der Waals surface area contributed by atoms with Crippen molar-refractivity contribution in [3.8, 4) is 10.6 Å². The van der Waals surface area contributed by atoms with E-state index in [1.807, 2.05) is 24.3 Å². The van der Waals surface area contributed by atoms with Crippen molar-refractivity contribution in [2.45, 2.75) is 0 Å². The molecule has 0 aliphatic carbocycles. The molecular formula is C27H23FN4O4S. The first-order valence-electron chi connectivity index (χ1n) is 11.6. The molecule has 0 spiro atoms. The highest BCUT2D eigenvalue weighted by Crippen LogP contribution is 2.34. The van der Waals surface area contributed by atoms with Crippen LogP contribution in [-0.2, 0) is 4.74 Å². The molecule has 0 radical (unpaired) electrons. The summed E-state index contributed by atoms with van der Waals surface area (Å²) in [7, 11) is 0. The van der Waals surface area contributed by atoms with Crippen molar-refractivity contribution in [2.75, 3.05) is 41.8 Å². The second-order valence-corrected chi connectivity index (χ2v) is 9.31. The Hall–Kier alpha value is -4.28. The van der Waals surface area contributed by atoms with Crippen LogP contribution in [0.1, 0.15) is 20.0 Å². The molecule has 1 saturated heterocycles. The number of nitrogens with one attached hydrogen (secondary N) is 2. The van der Waals surface area contributed by atoms with Gasteiger partial charge in [-0.25, -0.2) is 14.2 Å². The maximum absolute atomic E-state index is 13.2. The molecule has 1 aliphatic rings. The molecule has 10 heteroatoms. The van der Waals surface area contributed by atoms with Crippen molar-refractivity contribution in [3.05, 3.63) is 89.1 Å². The molecule has 188 valence electrons. The number of morpholine rings is 1. The zero-order valence-corrected chi connectivity index (χ0v) is 20.4. The molecule has 1 fully saturated rings. The number of hydrogen-bond acceptors (Lipinski definition) is 7. The Morgan fingerprint density at radius 2 is 1.70 bits per heavy atom. The number of thiazole rings is 1. The van der Waals surface area contributed by atoms with Gasteiger partial charge in [-0.15, -0.1) is 11.3 Å². The number of nitrogens with zero attached hydrogens (tertiary/aromatic N) is 2. The van der Waals surface area contributed by atoms with Crippen molar-refractivity contribution >= 4 is 46.1 Å². The van der Waals surface area contributed by atoms with Gasteiger partial charge >= 0.3 is 5.97 Å². The standard InChI is InChI=1S/C27H23FN4O4S/c28-19-6-4-17(5-7-19)25(33)30-21-3-1-2-18(16-21)26-31-24(23(37-26)27(34)35)29-20-8-10-22(11-9-20)32-12-14-36-15-13-32/h1-11,16,29H,12-15H2,(H,30,33)(H,34,35). The average molecular weight is 519 g/mol. The van der Waals surface area contributed by atoms with Crippen molar-refractivity contribution < 1.29 is 23.8 Å². The highest BCUT2D eigenvalue weighted by molar-refractivity contribution is 7.17. The third-order valence-electron chi connectivity index (χ3n) is 5.80. The molecule has 3 N–H and O–H groups in total. The molecule has 1 aliphatic heterocycles. The molecule has 0 unspecified atom stereocenters.